The molecule has 0 aliphatic rings. The van der Waals surface area contributed by atoms with Gasteiger partial charge in [0.25, 0.3) is 5.69 Å². The molecule has 0 saturated heterocycles. The molecule has 0 radical (unpaired) electrons. The summed E-state index contributed by atoms with van der Waals surface area (Å²) in [4.78, 5) is 10.2. The van der Waals surface area contributed by atoms with Gasteiger partial charge in [-0.25, -0.2) is 8.42 Å². The van der Waals surface area contributed by atoms with Gasteiger partial charge in [-0.1, -0.05) is 17.7 Å². The van der Waals surface area contributed by atoms with Crippen molar-refractivity contribution in [3.05, 3.63) is 75.2 Å². The predicted molar refractivity (Wildman–Crippen MR) is 80.5 cm³/mol. The molecule has 0 heterocycles. The average Bonchev–Trinajstić information content (AvgIpc) is 2.46. The van der Waals surface area contributed by atoms with Crippen LogP contribution < -0.4 is 0 Å². The van der Waals surface area contributed by atoms with Crippen LogP contribution in [0.1, 0.15) is 11.1 Å². The number of non-ortho nitro benzene ring substituents is 1. The highest BCUT2D eigenvalue weighted by Crippen LogP contribution is 2.16. The molecular weight excluding hydrogens is 290 g/mol. The van der Waals surface area contributed by atoms with Crippen molar-refractivity contribution < 1.29 is 13.3 Å². The van der Waals surface area contributed by atoms with Gasteiger partial charge in [0.15, 0.2) is 9.84 Å². The van der Waals surface area contributed by atoms with Crippen molar-refractivity contribution in [2.24, 2.45) is 0 Å². The van der Waals surface area contributed by atoms with Gasteiger partial charge >= 0.3 is 0 Å². The highest BCUT2D eigenvalue weighted by molar-refractivity contribution is 7.94. The number of hydrogen-bond donors (Lipinski definition) is 0. The Morgan fingerprint density at radius 2 is 1.57 bits per heavy atom. The number of nitro benzene ring substituents is 1. The Morgan fingerprint density at radius 1 is 1.00 bits per heavy atom. The molecule has 2 aromatic carbocycles. The van der Waals surface area contributed by atoms with Crippen LogP contribution in [0.4, 0.5) is 5.69 Å². The van der Waals surface area contributed by atoms with Gasteiger partial charge in [0.05, 0.1) is 9.82 Å². The molecule has 0 aliphatic heterocycles. The zero-order chi connectivity index (χ0) is 15.5. The van der Waals surface area contributed by atoms with Crippen molar-refractivity contribution in [3.8, 4) is 0 Å². The molecule has 0 fully saturated rings. The fourth-order valence-electron chi connectivity index (χ4n) is 1.68. The van der Waals surface area contributed by atoms with Gasteiger partial charge in [-0.05, 0) is 42.8 Å². The lowest BCUT2D eigenvalue weighted by atomic mass is 10.2. The Kier molecular flexibility index (Phi) is 4.18. The molecule has 0 bridgehead atoms. The number of rotatable bonds is 4. The first-order valence-corrected chi connectivity index (χ1v) is 7.67. The van der Waals surface area contributed by atoms with Crippen molar-refractivity contribution in [3.63, 3.8) is 0 Å². The normalized spacial score (nSPS) is 11.7. The van der Waals surface area contributed by atoms with Gasteiger partial charge in [0.1, 0.15) is 0 Å². The van der Waals surface area contributed by atoms with E-state index in [0.717, 1.165) is 11.0 Å². The van der Waals surface area contributed by atoms with Crippen LogP contribution in [0, 0.1) is 17.0 Å². The van der Waals surface area contributed by atoms with E-state index in [9.17, 15) is 18.5 Å². The van der Waals surface area contributed by atoms with E-state index < -0.39 is 14.8 Å². The summed E-state index contributed by atoms with van der Waals surface area (Å²) in [5.41, 5.74) is 1.53. The molecule has 6 heteroatoms. The van der Waals surface area contributed by atoms with Gasteiger partial charge in [-0.15, -0.1) is 0 Å². The van der Waals surface area contributed by atoms with E-state index in [1.54, 1.807) is 24.3 Å². The minimum absolute atomic E-state index is 0.0338. The van der Waals surface area contributed by atoms with Crippen molar-refractivity contribution in [1.29, 1.82) is 0 Å². The lowest BCUT2D eigenvalue weighted by Crippen LogP contribution is -1.95. The number of sulfone groups is 1. The van der Waals surface area contributed by atoms with E-state index in [-0.39, 0.29) is 10.6 Å². The van der Waals surface area contributed by atoms with Crippen molar-refractivity contribution in [1.82, 2.24) is 0 Å². The first kappa shape index (κ1) is 14.9. The maximum atomic E-state index is 12.1. The van der Waals surface area contributed by atoms with E-state index in [4.69, 9.17) is 0 Å². The second-order valence-corrected chi connectivity index (χ2v) is 6.34. The number of nitrogens with zero attached hydrogens (tertiary/aromatic N) is 1. The Morgan fingerprint density at radius 3 is 2.10 bits per heavy atom. The Hall–Kier alpha value is -2.47. The predicted octanol–water partition coefficient (Wildman–Crippen LogP) is 3.35. The lowest BCUT2D eigenvalue weighted by Gasteiger charge is -2.00. The molecule has 108 valence electrons. The molecular formula is C15H13NO4S. The third-order valence-electron chi connectivity index (χ3n) is 2.89. The molecule has 0 aromatic heterocycles. The van der Waals surface area contributed by atoms with E-state index in [0.29, 0.717) is 5.56 Å². The first-order valence-electron chi connectivity index (χ1n) is 6.13. The lowest BCUT2D eigenvalue weighted by molar-refractivity contribution is -0.384. The molecule has 0 amide bonds. The third kappa shape index (κ3) is 3.76. The quantitative estimate of drug-likeness (QED) is 0.641. The van der Waals surface area contributed by atoms with Gasteiger partial charge < -0.3 is 0 Å². The summed E-state index contributed by atoms with van der Waals surface area (Å²) in [6.45, 7) is 1.88. The first-order chi connectivity index (χ1) is 9.88. The van der Waals surface area contributed by atoms with Crippen LogP contribution >= 0.6 is 0 Å². The van der Waals surface area contributed by atoms with Crippen molar-refractivity contribution in [2.45, 2.75) is 11.8 Å². The molecule has 2 rings (SSSR count). The molecule has 0 saturated carbocycles. The Bertz CT molecular complexity index is 775. The summed E-state index contributed by atoms with van der Waals surface area (Å²) >= 11 is 0. The highest BCUT2D eigenvalue weighted by atomic mass is 32.2. The summed E-state index contributed by atoms with van der Waals surface area (Å²) in [5.74, 6) is 0. The molecule has 0 atom stereocenters. The fourth-order valence-corrected chi connectivity index (χ4v) is 2.69. The van der Waals surface area contributed by atoms with Crippen LogP contribution in [0.15, 0.2) is 58.8 Å². The van der Waals surface area contributed by atoms with Crippen molar-refractivity contribution in [2.75, 3.05) is 0 Å². The molecule has 0 N–H and O–H groups in total. The van der Waals surface area contributed by atoms with Crippen LogP contribution in [-0.4, -0.2) is 13.3 Å². The smallest absolute Gasteiger partial charge is 0.258 e. The fraction of sp³-hybridized carbons (Fsp3) is 0.0667. The highest BCUT2D eigenvalue weighted by Gasteiger charge is 2.09. The number of benzene rings is 2. The minimum Gasteiger partial charge on any atom is -0.258 e. The molecule has 2 aromatic rings. The number of nitro groups is 1. The second-order valence-electron chi connectivity index (χ2n) is 4.51. The molecule has 5 nitrogen and oxygen atoms in total. The van der Waals surface area contributed by atoms with Crippen LogP contribution in [0.5, 0.6) is 0 Å². The zero-order valence-corrected chi connectivity index (χ0v) is 12.1. The van der Waals surface area contributed by atoms with Gasteiger partial charge in [0.2, 0.25) is 0 Å². The summed E-state index contributed by atoms with van der Waals surface area (Å²) in [6.07, 6.45) is 1.42. The third-order valence-corrected chi connectivity index (χ3v) is 4.32. The molecule has 21 heavy (non-hydrogen) atoms. The maximum Gasteiger partial charge on any atom is 0.269 e. The van der Waals surface area contributed by atoms with Crippen LogP contribution in [0.2, 0.25) is 0 Å². The van der Waals surface area contributed by atoms with E-state index in [1.165, 1.54) is 30.3 Å². The van der Waals surface area contributed by atoms with E-state index in [2.05, 4.69) is 0 Å². The second kappa shape index (κ2) is 5.88. The van der Waals surface area contributed by atoms with Crippen molar-refractivity contribution >= 4 is 21.6 Å². The molecule has 0 spiro atoms. The Balaban J connectivity index is 2.23. The van der Waals surface area contributed by atoms with Crippen LogP contribution in [-0.2, 0) is 9.84 Å². The minimum atomic E-state index is -3.52. The van der Waals surface area contributed by atoms with Gasteiger partial charge in [-0.3, -0.25) is 10.1 Å². The standard InChI is InChI=1S/C15H13NO4S/c1-12-2-8-15(9-3-12)21(19,20)11-10-13-4-6-14(7-5-13)16(17)18/h2-11H,1H3/b11-10+. The van der Waals surface area contributed by atoms with Gasteiger partial charge in [-0.2, -0.15) is 0 Å². The SMILES string of the molecule is Cc1ccc(S(=O)(=O)/C=C/c2ccc([N+](=O)[O-])cc2)cc1. The zero-order valence-electron chi connectivity index (χ0n) is 11.3. The largest absolute Gasteiger partial charge is 0.269 e. The summed E-state index contributed by atoms with van der Waals surface area (Å²) < 4.78 is 24.2. The topological polar surface area (TPSA) is 77.3 Å². The summed E-state index contributed by atoms with van der Waals surface area (Å²) in [5, 5.41) is 11.6. The summed E-state index contributed by atoms with van der Waals surface area (Å²) in [7, 11) is -3.52. The molecule has 0 unspecified atom stereocenters. The number of hydrogen-bond acceptors (Lipinski definition) is 4. The summed E-state index contributed by atoms with van der Waals surface area (Å²) in [6, 6.07) is 12.2. The van der Waals surface area contributed by atoms with Crippen LogP contribution in [0.3, 0.4) is 0 Å². The average molecular weight is 303 g/mol. The van der Waals surface area contributed by atoms with E-state index in [1.807, 2.05) is 6.92 Å². The van der Waals surface area contributed by atoms with Crippen LogP contribution in [0.25, 0.3) is 6.08 Å². The maximum absolute atomic E-state index is 12.1. The van der Waals surface area contributed by atoms with Gasteiger partial charge in [0, 0.05) is 17.5 Å². The monoisotopic (exact) mass is 303 g/mol. The molecule has 0 aliphatic carbocycles. The number of aryl methyl sites for hydroxylation is 1. The van der Waals surface area contributed by atoms with E-state index >= 15 is 0 Å². The Labute approximate surface area is 122 Å².